The van der Waals surface area contributed by atoms with E-state index < -0.39 is 23.6 Å². The third-order valence-corrected chi connectivity index (χ3v) is 3.94. The van der Waals surface area contributed by atoms with Gasteiger partial charge in [-0.3, -0.25) is 14.7 Å². The van der Waals surface area contributed by atoms with Crippen molar-refractivity contribution in [2.75, 3.05) is 13.2 Å². The lowest BCUT2D eigenvalue weighted by atomic mass is 10.1. The molecule has 0 saturated carbocycles. The number of esters is 1. The third-order valence-electron chi connectivity index (χ3n) is 3.94. The van der Waals surface area contributed by atoms with E-state index in [0.29, 0.717) is 5.56 Å². The number of hydrogen-bond donors (Lipinski definition) is 1. The Morgan fingerprint density at radius 3 is 2.43 bits per heavy atom. The molecular weight excluding hydrogens is 375 g/mol. The van der Waals surface area contributed by atoms with Crippen molar-refractivity contribution in [3.05, 3.63) is 52.8 Å². The number of aromatic amines is 1. The Kier molecular flexibility index (Phi) is 7.19. The van der Waals surface area contributed by atoms with Gasteiger partial charge in [0.1, 0.15) is 12.2 Å². The minimum absolute atomic E-state index is 0.0498. The second-order valence-electron chi connectivity index (χ2n) is 6.19. The number of hydrogen-bond acceptors (Lipinski definition) is 4. The Morgan fingerprint density at radius 2 is 1.86 bits per heavy atom. The minimum Gasteiger partial charge on any atom is -0.465 e. The van der Waals surface area contributed by atoms with Crippen LogP contribution in [0.4, 0.5) is 13.2 Å². The minimum atomic E-state index is -4.44. The summed E-state index contributed by atoms with van der Waals surface area (Å²) in [6.45, 7) is 3.41. The van der Waals surface area contributed by atoms with E-state index in [1.165, 1.54) is 17.0 Å². The molecule has 9 heteroatoms. The molecule has 1 amide bonds. The lowest BCUT2D eigenvalue weighted by Gasteiger charge is -2.21. The van der Waals surface area contributed by atoms with Crippen LogP contribution in [0, 0.1) is 0 Å². The molecule has 0 saturated heterocycles. The summed E-state index contributed by atoms with van der Waals surface area (Å²) < 4.78 is 43.0. The first kappa shape index (κ1) is 21.5. The van der Waals surface area contributed by atoms with Crippen LogP contribution in [0.1, 0.15) is 47.6 Å². The van der Waals surface area contributed by atoms with E-state index in [1.807, 2.05) is 6.92 Å². The van der Waals surface area contributed by atoms with Gasteiger partial charge in [-0.05, 0) is 37.1 Å². The fourth-order valence-corrected chi connectivity index (χ4v) is 2.61. The van der Waals surface area contributed by atoms with Gasteiger partial charge in [-0.2, -0.15) is 18.3 Å². The van der Waals surface area contributed by atoms with Crippen molar-refractivity contribution in [3.63, 3.8) is 0 Å². The summed E-state index contributed by atoms with van der Waals surface area (Å²) in [5, 5.41) is 6.75. The topological polar surface area (TPSA) is 75.3 Å². The molecule has 28 heavy (non-hydrogen) atoms. The largest absolute Gasteiger partial charge is 0.465 e. The van der Waals surface area contributed by atoms with Gasteiger partial charge < -0.3 is 9.64 Å². The average molecular weight is 397 g/mol. The van der Waals surface area contributed by atoms with Gasteiger partial charge in [0, 0.05) is 12.2 Å². The molecule has 1 aromatic heterocycles. The highest BCUT2D eigenvalue weighted by atomic mass is 19.4. The van der Waals surface area contributed by atoms with E-state index in [0.717, 1.165) is 30.7 Å². The van der Waals surface area contributed by atoms with Gasteiger partial charge in [0.15, 0.2) is 0 Å². The second kappa shape index (κ2) is 9.38. The van der Waals surface area contributed by atoms with E-state index in [1.54, 1.807) is 13.0 Å². The summed E-state index contributed by atoms with van der Waals surface area (Å²) in [5.41, 5.74) is 0.599. The molecule has 0 aliphatic rings. The molecule has 0 radical (unpaired) electrons. The van der Waals surface area contributed by atoms with Crippen LogP contribution in [0.2, 0.25) is 0 Å². The van der Waals surface area contributed by atoms with Gasteiger partial charge in [-0.15, -0.1) is 0 Å². The van der Waals surface area contributed by atoms with E-state index >= 15 is 0 Å². The number of benzene rings is 1. The van der Waals surface area contributed by atoms with Crippen LogP contribution in [-0.4, -0.2) is 40.1 Å². The maximum Gasteiger partial charge on any atom is 0.416 e. The van der Waals surface area contributed by atoms with Gasteiger partial charge in [0.2, 0.25) is 0 Å². The average Bonchev–Trinajstić information content (AvgIpc) is 3.09. The number of halogens is 3. The van der Waals surface area contributed by atoms with Gasteiger partial charge in [-0.25, -0.2) is 0 Å². The van der Waals surface area contributed by atoms with E-state index in [4.69, 9.17) is 4.74 Å². The summed E-state index contributed by atoms with van der Waals surface area (Å²) in [6.07, 6.45) is -2.85. The first-order chi connectivity index (χ1) is 13.2. The molecule has 6 nitrogen and oxygen atoms in total. The molecule has 0 unspecified atom stereocenters. The van der Waals surface area contributed by atoms with Crippen molar-refractivity contribution >= 4 is 11.9 Å². The number of alkyl halides is 3. The molecular formula is C19H22F3N3O3. The quantitative estimate of drug-likeness (QED) is 0.691. The van der Waals surface area contributed by atoms with Crippen molar-refractivity contribution < 1.29 is 27.5 Å². The van der Waals surface area contributed by atoms with Gasteiger partial charge in [0.05, 0.1) is 12.2 Å². The number of carbonyl (C=O) groups is 2. The van der Waals surface area contributed by atoms with Crippen molar-refractivity contribution in [2.45, 2.75) is 39.4 Å². The Balaban J connectivity index is 2.20. The predicted octanol–water partition coefficient (Wildman–Crippen LogP) is 3.59. The number of ether oxygens (including phenoxy) is 1. The van der Waals surface area contributed by atoms with Crippen molar-refractivity contribution in [3.8, 4) is 0 Å². The van der Waals surface area contributed by atoms with Crippen molar-refractivity contribution in [1.29, 1.82) is 0 Å². The molecule has 152 valence electrons. The molecule has 2 rings (SSSR count). The highest BCUT2D eigenvalue weighted by molar-refractivity contribution is 5.94. The zero-order valence-electron chi connectivity index (χ0n) is 15.7. The second-order valence-corrected chi connectivity index (χ2v) is 6.19. The highest BCUT2D eigenvalue weighted by Gasteiger charge is 2.30. The predicted molar refractivity (Wildman–Crippen MR) is 95.4 cm³/mol. The van der Waals surface area contributed by atoms with E-state index in [2.05, 4.69) is 10.2 Å². The number of aromatic nitrogens is 2. The van der Waals surface area contributed by atoms with Crippen LogP contribution in [0.15, 0.2) is 30.3 Å². The summed E-state index contributed by atoms with van der Waals surface area (Å²) in [6, 6.07) is 6.05. The number of aryl methyl sites for hydroxylation is 1. The summed E-state index contributed by atoms with van der Waals surface area (Å²) in [7, 11) is 0. The molecule has 1 N–H and O–H groups in total. The number of nitrogens with zero attached hydrogens (tertiary/aromatic N) is 2. The fourth-order valence-electron chi connectivity index (χ4n) is 2.61. The zero-order chi connectivity index (χ0) is 20.7. The van der Waals surface area contributed by atoms with Crippen LogP contribution >= 0.6 is 0 Å². The molecule has 0 atom stereocenters. The Bertz CT molecular complexity index is 801. The van der Waals surface area contributed by atoms with Crippen LogP contribution in [0.25, 0.3) is 0 Å². The fraction of sp³-hybridized carbons (Fsp3) is 0.421. The van der Waals surface area contributed by atoms with Crippen LogP contribution in [0.3, 0.4) is 0 Å². The molecule has 1 heterocycles. The molecule has 1 aromatic carbocycles. The highest BCUT2D eigenvalue weighted by Crippen LogP contribution is 2.29. The number of nitrogens with one attached hydrogen (secondary N) is 1. The smallest absolute Gasteiger partial charge is 0.416 e. The first-order valence-electron chi connectivity index (χ1n) is 8.89. The summed E-state index contributed by atoms with van der Waals surface area (Å²) in [5.74, 6) is -1.11. The number of H-pyrrole nitrogens is 1. The summed E-state index contributed by atoms with van der Waals surface area (Å²) in [4.78, 5) is 25.9. The Morgan fingerprint density at radius 1 is 1.18 bits per heavy atom. The van der Waals surface area contributed by atoms with Crippen molar-refractivity contribution in [1.82, 2.24) is 15.1 Å². The summed E-state index contributed by atoms with van der Waals surface area (Å²) >= 11 is 0. The molecule has 0 spiro atoms. The Labute approximate surface area is 160 Å². The SMILES string of the molecule is CCCc1cc(C(=O)N(CC(=O)OCC)Cc2ccc(C(F)(F)F)cc2)n[nH]1. The third kappa shape index (κ3) is 5.83. The van der Waals surface area contributed by atoms with Gasteiger partial charge in [-0.1, -0.05) is 25.5 Å². The standard InChI is InChI=1S/C19H22F3N3O3/c1-3-5-15-10-16(24-23-15)18(27)25(12-17(26)28-4-2)11-13-6-8-14(9-7-13)19(20,21)22/h6-10H,3-5,11-12H2,1-2H3,(H,23,24). The molecule has 0 aliphatic heterocycles. The normalized spacial score (nSPS) is 11.3. The lowest BCUT2D eigenvalue weighted by Crippen LogP contribution is -2.36. The maximum atomic E-state index is 12.8. The Hall–Kier alpha value is -2.84. The number of rotatable bonds is 8. The number of amides is 1. The van der Waals surface area contributed by atoms with Crippen molar-refractivity contribution in [2.24, 2.45) is 0 Å². The van der Waals surface area contributed by atoms with E-state index in [-0.39, 0.29) is 25.4 Å². The first-order valence-corrected chi connectivity index (χ1v) is 8.89. The van der Waals surface area contributed by atoms with E-state index in [9.17, 15) is 22.8 Å². The van der Waals surface area contributed by atoms with Gasteiger partial charge in [0.25, 0.3) is 5.91 Å². The molecule has 0 aliphatic carbocycles. The zero-order valence-corrected chi connectivity index (χ0v) is 15.7. The van der Waals surface area contributed by atoms with Crippen LogP contribution < -0.4 is 0 Å². The monoisotopic (exact) mass is 397 g/mol. The molecule has 0 fully saturated rings. The lowest BCUT2D eigenvalue weighted by molar-refractivity contribution is -0.144. The molecule has 2 aromatic rings. The molecule has 0 bridgehead atoms. The maximum absolute atomic E-state index is 12.8. The number of carbonyl (C=O) groups excluding carboxylic acids is 2. The van der Waals surface area contributed by atoms with Gasteiger partial charge >= 0.3 is 12.1 Å². The van der Waals surface area contributed by atoms with Crippen LogP contribution in [-0.2, 0) is 28.7 Å². The van der Waals surface area contributed by atoms with Crippen LogP contribution in [0.5, 0.6) is 0 Å².